The molecule has 166 valence electrons. The van der Waals surface area contributed by atoms with Gasteiger partial charge in [-0.2, -0.15) is 0 Å². The van der Waals surface area contributed by atoms with Crippen LogP contribution in [0.5, 0.6) is 0 Å². The number of Topliss-reactive ketones (excluding diaryl/α,β-unsaturated/α-hetero) is 2. The molecule has 5 nitrogen and oxygen atoms in total. The lowest BCUT2D eigenvalue weighted by Gasteiger charge is -2.14. The topological polar surface area (TPSA) is 94.8 Å². The van der Waals surface area contributed by atoms with Gasteiger partial charge in [0.2, 0.25) is 0 Å². The van der Waals surface area contributed by atoms with Crippen LogP contribution in [0.4, 0.5) is 0 Å². The van der Waals surface area contributed by atoms with Gasteiger partial charge in [0.15, 0.2) is 0 Å². The Morgan fingerprint density at radius 1 is 0.571 bits per heavy atom. The lowest BCUT2D eigenvalue weighted by molar-refractivity contribution is -0.130. The van der Waals surface area contributed by atoms with Gasteiger partial charge in [-0.05, 0) is 26.7 Å². The third-order valence-corrected chi connectivity index (χ3v) is 5.61. The predicted octanol–water partition coefficient (Wildman–Crippen LogP) is 4.35. The van der Waals surface area contributed by atoms with E-state index in [1.165, 1.54) is 71.6 Å². The fourth-order valence-electron chi connectivity index (χ4n) is 3.65. The zero-order chi connectivity index (χ0) is 21.2. The van der Waals surface area contributed by atoms with E-state index in [4.69, 9.17) is 5.11 Å². The first kappa shape index (κ1) is 27.2. The molecule has 0 heterocycles. The quantitative estimate of drug-likeness (QED) is 0.209. The van der Waals surface area contributed by atoms with Gasteiger partial charge in [-0.25, -0.2) is 0 Å². The van der Waals surface area contributed by atoms with Crippen LogP contribution in [0.15, 0.2) is 0 Å². The van der Waals surface area contributed by atoms with Crippen molar-refractivity contribution >= 4 is 11.6 Å². The van der Waals surface area contributed by atoms with Crippen molar-refractivity contribution in [3.05, 3.63) is 0 Å². The molecular weight excluding hydrogens is 356 g/mol. The molecule has 0 aromatic carbocycles. The molecule has 2 atom stereocenters. The Labute approximate surface area is 171 Å². The van der Waals surface area contributed by atoms with Crippen LogP contribution in [0.1, 0.15) is 110 Å². The molecule has 0 aliphatic carbocycles. The first-order valence-corrected chi connectivity index (χ1v) is 11.4. The molecule has 0 rings (SSSR count). The molecule has 0 radical (unpaired) electrons. The molecule has 0 aliphatic heterocycles. The molecule has 5 heteroatoms. The zero-order valence-corrected chi connectivity index (χ0v) is 18.2. The predicted molar refractivity (Wildman–Crippen MR) is 113 cm³/mol. The molecule has 0 spiro atoms. The van der Waals surface area contributed by atoms with Crippen LogP contribution >= 0.6 is 0 Å². The summed E-state index contributed by atoms with van der Waals surface area (Å²) < 4.78 is 0. The van der Waals surface area contributed by atoms with Crippen LogP contribution in [0.3, 0.4) is 0 Å². The van der Waals surface area contributed by atoms with Crippen molar-refractivity contribution in [2.75, 3.05) is 6.61 Å². The highest BCUT2D eigenvalue weighted by atomic mass is 16.4. The van der Waals surface area contributed by atoms with E-state index in [2.05, 4.69) is 0 Å². The third kappa shape index (κ3) is 15.2. The summed E-state index contributed by atoms with van der Waals surface area (Å²) in [5.41, 5.74) is 0. The summed E-state index contributed by atoms with van der Waals surface area (Å²) in [6.45, 7) is 2.66. The molecule has 0 bridgehead atoms. The molecule has 2 unspecified atom stereocenters. The molecule has 0 fully saturated rings. The molecule has 0 saturated heterocycles. The van der Waals surface area contributed by atoms with Gasteiger partial charge in [-0.3, -0.25) is 9.59 Å². The number of hydrogen-bond acceptors (Lipinski definition) is 5. The Morgan fingerprint density at radius 3 is 1.21 bits per heavy atom. The number of hydrogen-bond donors (Lipinski definition) is 3. The summed E-state index contributed by atoms with van der Waals surface area (Å²) in [5.74, 6) is -0.367. The van der Waals surface area contributed by atoms with Gasteiger partial charge >= 0.3 is 0 Å². The molecule has 28 heavy (non-hydrogen) atoms. The van der Waals surface area contributed by atoms with Crippen molar-refractivity contribution in [2.24, 2.45) is 5.92 Å². The van der Waals surface area contributed by atoms with Crippen molar-refractivity contribution < 1.29 is 24.9 Å². The third-order valence-electron chi connectivity index (χ3n) is 5.61. The maximum absolute atomic E-state index is 11.4. The number of ketones is 2. The Kier molecular flexibility index (Phi) is 17.8. The number of rotatable bonds is 20. The molecule has 0 aromatic heterocycles. The van der Waals surface area contributed by atoms with E-state index in [-0.39, 0.29) is 24.1 Å². The summed E-state index contributed by atoms with van der Waals surface area (Å²) >= 11 is 0. The molecule has 0 amide bonds. The monoisotopic (exact) mass is 400 g/mol. The second-order valence-corrected chi connectivity index (χ2v) is 8.26. The Balaban J connectivity index is 3.30. The van der Waals surface area contributed by atoms with Crippen molar-refractivity contribution in [3.8, 4) is 0 Å². The van der Waals surface area contributed by atoms with E-state index in [0.29, 0.717) is 12.8 Å². The van der Waals surface area contributed by atoms with Gasteiger partial charge in [-0.15, -0.1) is 0 Å². The van der Waals surface area contributed by atoms with Gasteiger partial charge < -0.3 is 15.3 Å². The van der Waals surface area contributed by atoms with E-state index in [1.54, 1.807) is 0 Å². The fraction of sp³-hybridized carbons (Fsp3) is 0.913. The first-order valence-electron chi connectivity index (χ1n) is 11.4. The van der Waals surface area contributed by atoms with Crippen molar-refractivity contribution in [3.63, 3.8) is 0 Å². The second kappa shape index (κ2) is 18.3. The maximum Gasteiger partial charge on any atom is 0.140 e. The number of carbonyl (C=O) groups is 2. The maximum atomic E-state index is 11.4. The van der Waals surface area contributed by atoms with E-state index >= 15 is 0 Å². The van der Waals surface area contributed by atoms with Crippen molar-refractivity contribution in [1.82, 2.24) is 0 Å². The highest BCUT2D eigenvalue weighted by molar-refractivity contribution is 6.00. The van der Waals surface area contributed by atoms with Crippen molar-refractivity contribution in [2.45, 2.75) is 122 Å². The van der Waals surface area contributed by atoms with Gasteiger partial charge in [0.25, 0.3) is 0 Å². The highest BCUT2D eigenvalue weighted by Gasteiger charge is 2.18. The largest absolute Gasteiger partial charge is 0.394 e. The summed E-state index contributed by atoms with van der Waals surface area (Å²) in [6.07, 6.45) is 14.8. The molecule has 0 aliphatic rings. The Bertz CT molecular complexity index is 382. The average Bonchev–Trinajstić information content (AvgIpc) is 2.66. The van der Waals surface area contributed by atoms with Crippen LogP contribution in [0.25, 0.3) is 0 Å². The van der Waals surface area contributed by atoms with E-state index in [9.17, 15) is 19.8 Å². The van der Waals surface area contributed by atoms with Gasteiger partial charge in [-0.1, -0.05) is 83.5 Å². The molecule has 3 N–H and O–H groups in total. The molecule has 0 aromatic rings. The zero-order valence-electron chi connectivity index (χ0n) is 18.2. The minimum Gasteiger partial charge on any atom is -0.394 e. The molecule has 0 saturated carbocycles. The van der Waals surface area contributed by atoms with Crippen LogP contribution in [-0.2, 0) is 9.59 Å². The van der Waals surface area contributed by atoms with Gasteiger partial charge in [0.05, 0.1) is 18.6 Å². The van der Waals surface area contributed by atoms with Crippen molar-refractivity contribution in [1.29, 1.82) is 0 Å². The lowest BCUT2D eigenvalue weighted by atomic mass is 9.93. The summed E-state index contributed by atoms with van der Waals surface area (Å²) in [6, 6.07) is 0. The SMILES string of the molecule is CC(=O)C(CCCCCCCCCCCCCCCC(O)C(O)CO)C(C)=O. The second-order valence-electron chi connectivity index (χ2n) is 8.26. The summed E-state index contributed by atoms with van der Waals surface area (Å²) in [4.78, 5) is 22.7. The van der Waals surface area contributed by atoms with E-state index < -0.39 is 12.2 Å². The van der Waals surface area contributed by atoms with Crippen LogP contribution in [0.2, 0.25) is 0 Å². The summed E-state index contributed by atoms with van der Waals surface area (Å²) in [7, 11) is 0. The average molecular weight is 401 g/mol. The number of aliphatic hydroxyl groups excluding tert-OH is 3. The molecular formula is C23H44O5. The minimum absolute atomic E-state index is 0.00517. The fourth-order valence-corrected chi connectivity index (χ4v) is 3.65. The normalized spacial score (nSPS) is 13.6. The van der Waals surface area contributed by atoms with Crippen LogP contribution < -0.4 is 0 Å². The lowest BCUT2D eigenvalue weighted by Crippen LogP contribution is -2.28. The van der Waals surface area contributed by atoms with Gasteiger partial charge in [0.1, 0.15) is 17.7 Å². The first-order chi connectivity index (χ1) is 13.4. The smallest absolute Gasteiger partial charge is 0.140 e. The number of unbranched alkanes of at least 4 members (excludes halogenated alkanes) is 12. The van der Waals surface area contributed by atoms with E-state index in [0.717, 1.165) is 25.7 Å². The standard InChI is InChI=1S/C23H44O5/c1-19(25)21(20(2)26)16-14-12-10-8-6-4-3-5-7-9-11-13-15-17-22(27)23(28)18-24/h21-24,27-28H,3-18H2,1-2H3. The number of aliphatic hydroxyl groups is 3. The van der Waals surface area contributed by atoms with Crippen LogP contribution in [-0.4, -0.2) is 45.7 Å². The van der Waals surface area contributed by atoms with E-state index in [1.807, 2.05) is 0 Å². The van der Waals surface area contributed by atoms with Crippen LogP contribution in [0, 0.1) is 5.92 Å². The minimum atomic E-state index is -1.00. The Morgan fingerprint density at radius 2 is 0.893 bits per heavy atom. The highest BCUT2D eigenvalue weighted by Crippen LogP contribution is 2.16. The van der Waals surface area contributed by atoms with Gasteiger partial charge in [0, 0.05) is 0 Å². The summed E-state index contributed by atoms with van der Waals surface area (Å²) in [5, 5.41) is 27.6. The number of carbonyl (C=O) groups excluding carboxylic acids is 2. The Hall–Kier alpha value is -0.780.